The smallest absolute Gasteiger partial charge is 0.265 e. The SMILES string of the molecule is CCCCCCCC/C=C/[N+](/C=C/CCCCCCCC)(/C=C/CCCCCCCC)CCCS(=O)(=O)O. The highest BCUT2D eigenvalue weighted by atomic mass is 32.2. The van der Waals surface area contributed by atoms with Crippen LogP contribution < -0.4 is 0 Å². The Bertz CT molecular complexity index is 632. The normalized spacial score (nSPS) is 13.1. The van der Waals surface area contributed by atoms with Crippen molar-refractivity contribution in [3.63, 3.8) is 0 Å². The van der Waals surface area contributed by atoms with Crippen molar-refractivity contribution in [3.8, 4) is 0 Å². The van der Waals surface area contributed by atoms with E-state index >= 15 is 0 Å². The van der Waals surface area contributed by atoms with Crippen molar-refractivity contribution < 1.29 is 17.5 Å². The largest absolute Gasteiger partial charge is 0.286 e. The minimum absolute atomic E-state index is 0.186. The molecule has 0 fully saturated rings. The van der Waals surface area contributed by atoms with Gasteiger partial charge in [-0.1, -0.05) is 117 Å². The van der Waals surface area contributed by atoms with Gasteiger partial charge in [-0.2, -0.15) is 8.42 Å². The van der Waals surface area contributed by atoms with Gasteiger partial charge in [-0.3, -0.25) is 4.55 Å². The quantitative estimate of drug-likeness (QED) is 0.0594. The molecular formula is C33H64NO3S+. The van der Waals surface area contributed by atoms with Gasteiger partial charge in [-0.25, -0.2) is 4.48 Å². The van der Waals surface area contributed by atoms with E-state index in [-0.39, 0.29) is 5.75 Å². The first-order chi connectivity index (χ1) is 18.4. The lowest BCUT2D eigenvalue weighted by Crippen LogP contribution is -2.33. The van der Waals surface area contributed by atoms with Gasteiger partial charge in [0.05, 0.1) is 12.3 Å². The molecule has 5 heteroatoms. The molecule has 38 heavy (non-hydrogen) atoms. The monoisotopic (exact) mass is 554 g/mol. The third-order valence-corrected chi connectivity index (χ3v) is 8.07. The molecule has 1 N–H and O–H groups in total. The number of hydrogen-bond donors (Lipinski definition) is 1. The van der Waals surface area contributed by atoms with Crippen LogP contribution in [0.3, 0.4) is 0 Å². The zero-order valence-corrected chi connectivity index (χ0v) is 26.4. The van der Waals surface area contributed by atoms with Gasteiger partial charge >= 0.3 is 0 Å². The van der Waals surface area contributed by atoms with E-state index in [1.54, 1.807) is 0 Å². The Hall–Kier alpha value is -0.910. The highest BCUT2D eigenvalue weighted by molar-refractivity contribution is 7.85. The molecule has 224 valence electrons. The number of nitrogens with zero attached hydrogens (tertiary/aromatic N) is 1. The van der Waals surface area contributed by atoms with Gasteiger partial charge in [0.25, 0.3) is 10.1 Å². The van der Waals surface area contributed by atoms with E-state index in [2.05, 4.69) is 57.6 Å². The van der Waals surface area contributed by atoms with E-state index in [1.165, 1.54) is 116 Å². The molecule has 0 atom stereocenters. The van der Waals surface area contributed by atoms with E-state index in [9.17, 15) is 13.0 Å². The first-order valence-corrected chi connectivity index (χ1v) is 17.9. The van der Waals surface area contributed by atoms with Crippen LogP contribution in [-0.4, -0.2) is 29.8 Å². The van der Waals surface area contributed by atoms with Crippen LogP contribution in [0.25, 0.3) is 0 Å². The number of unbranched alkanes of at least 4 members (excludes halogenated alkanes) is 18. The predicted molar refractivity (Wildman–Crippen MR) is 168 cm³/mol. The van der Waals surface area contributed by atoms with Gasteiger partial charge in [0.2, 0.25) is 0 Å². The first-order valence-electron chi connectivity index (χ1n) is 16.2. The molecule has 4 nitrogen and oxygen atoms in total. The number of hydrogen-bond acceptors (Lipinski definition) is 2. The lowest BCUT2D eigenvalue weighted by Gasteiger charge is -2.27. The van der Waals surface area contributed by atoms with Crippen molar-refractivity contribution in [2.24, 2.45) is 0 Å². The lowest BCUT2D eigenvalue weighted by molar-refractivity contribution is -0.773. The second-order valence-electron chi connectivity index (χ2n) is 11.2. The fraction of sp³-hybridized carbons (Fsp3) is 0.818. The third-order valence-electron chi connectivity index (χ3n) is 7.27. The average Bonchev–Trinajstić information content (AvgIpc) is 2.88. The molecule has 0 saturated heterocycles. The maximum absolute atomic E-state index is 11.4. The first kappa shape index (κ1) is 37.1. The fourth-order valence-corrected chi connectivity index (χ4v) is 5.33. The van der Waals surface area contributed by atoms with E-state index in [1.807, 2.05) is 0 Å². The van der Waals surface area contributed by atoms with Crippen LogP contribution in [0.15, 0.2) is 36.8 Å². The third kappa shape index (κ3) is 25.4. The fourth-order valence-electron chi connectivity index (χ4n) is 4.83. The molecule has 0 aliphatic carbocycles. The molecule has 0 aliphatic rings. The van der Waals surface area contributed by atoms with Crippen molar-refractivity contribution in [3.05, 3.63) is 36.8 Å². The Morgan fingerprint density at radius 2 is 0.816 bits per heavy atom. The molecule has 0 spiro atoms. The summed E-state index contributed by atoms with van der Waals surface area (Å²) in [5.41, 5.74) is 0. The second kappa shape index (κ2) is 26.3. The lowest BCUT2D eigenvalue weighted by atomic mass is 10.1. The molecular weight excluding hydrogens is 490 g/mol. The minimum Gasteiger partial charge on any atom is -0.286 e. The Balaban J connectivity index is 5.22. The van der Waals surface area contributed by atoms with Gasteiger partial charge in [0, 0.05) is 6.42 Å². The van der Waals surface area contributed by atoms with Gasteiger partial charge < -0.3 is 0 Å². The molecule has 0 aromatic carbocycles. The Morgan fingerprint density at radius 3 is 1.13 bits per heavy atom. The van der Waals surface area contributed by atoms with Gasteiger partial charge in [-0.05, 0) is 56.8 Å². The summed E-state index contributed by atoms with van der Waals surface area (Å²) in [4.78, 5) is 0. The Morgan fingerprint density at radius 1 is 0.500 bits per heavy atom. The number of quaternary nitrogens is 1. The molecule has 0 aromatic rings. The number of rotatable bonds is 28. The van der Waals surface area contributed by atoms with E-state index < -0.39 is 10.1 Å². The second-order valence-corrected chi connectivity index (χ2v) is 12.8. The van der Waals surface area contributed by atoms with Crippen molar-refractivity contribution >= 4 is 10.1 Å². The maximum Gasteiger partial charge on any atom is 0.265 e. The van der Waals surface area contributed by atoms with Crippen molar-refractivity contribution in [2.75, 3.05) is 12.3 Å². The summed E-state index contributed by atoms with van der Waals surface area (Å²) in [7, 11) is -3.95. The van der Waals surface area contributed by atoms with E-state index in [0.717, 1.165) is 19.3 Å². The average molecular weight is 555 g/mol. The highest BCUT2D eigenvalue weighted by Gasteiger charge is 2.20. The molecule has 0 heterocycles. The van der Waals surface area contributed by atoms with Crippen molar-refractivity contribution in [1.82, 2.24) is 0 Å². The summed E-state index contributed by atoms with van der Waals surface area (Å²) in [5.74, 6) is -0.186. The van der Waals surface area contributed by atoms with Crippen LogP contribution in [0, 0.1) is 0 Å². The van der Waals surface area contributed by atoms with Crippen molar-refractivity contribution in [1.29, 1.82) is 0 Å². The minimum atomic E-state index is -3.95. The summed E-state index contributed by atoms with van der Waals surface area (Å²) >= 11 is 0. The molecule has 0 amide bonds. The molecule has 0 aromatic heterocycles. The van der Waals surface area contributed by atoms with Gasteiger partial charge in [0.1, 0.15) is 18.6 Å². The van der Waals surface area contributed by atoms with Crippen LogP contribution in [0.2, 0.25) is 0 Å². The van der Waals surface area contributed by atoms with Crippen LogP contribution in [0.4, 0.5) is 0 Å². The molecule has 0 rings (SSSR count). The Labute approximate surface area is 238 Å². The van der Waals surface area contributed by atoms with E-state index in [4.69, 9.17) is 0 Å². The highest BCUT2D eigenvalue weighted by Crippen LogP contribution is 2.18. The van der Waals surface area contributed by atoms with Crippen molar-refractivity contribution in [2.45, 2.75) is 162 Å². The number of allylic oxidation sites excluding steroid dienone is 3. The van der Waals surface area contributed by atoms with Crippen LogP contribution in [0.5, 0.6) is 0 Å². The van der Waals surface area contributed by atoms with Crippen LogP contribution in [0.1, 0.15) is 162 Å². The molecule has 0 aliphatic heterocycles. The molecule has 0 bridgehead atoms. The summed E-state index contributed by atoms with van der Waals surface area (Å²) < 4.78 is 32.7. The zero-order chi connectivity index (χ0) is 28.2. The van der Waals surface area contributed by atoms with E-state index in [0.29, 0.717) is 17.4 Å². The molecule has 0 radical (unpaired) electrons. The molecule has 0 unspecified atom stereocenters. The van der Waals surface area contributed by atoms with Gasteiger partial charge in [-0.15, -0.1) is 0 Å². The van der Waals surface area contributed by atoms with Gasteiger partial charge in [0.15, 0.2) is 0 Å². The predicted octanol–water partition coefficient (Wildman–Crippen LogP) is 10.9. The Kier molecular flexibility index (Phi) is 25.7. The maximum atomic E-state index is 11.4. The van der Waals surface area contributed by atoms with Crippen LogP contribution in [-0.2, 0) is 10.1 Å². The molecule has 0 saturated carbocycles. The summed E-state index contributed by atoms with van der Waals surface area (Å²) in [6.07, 6.45) is 40.4. The zero-order valence-electron chi connectivity index (χ0n) is 25.6. The summed E-state index contributed by atoms with van der Waals surface area (Å²) in [5, 5.41) is 0. The summed E-state index contributed by atoms with van der Waals surface area (Å²) in [6.45, 7) is 7.40. The summed E-state index contributed by atoms with van der Waals surface area (Å²) in [6, 6.07) is 0. The standard InChI is InChI=1S/C33H63NO3S/c1-4-7-10-13-16-19-22-25-29-34(32-28-33-38(35,36)37,30-26-23-20-17-14-11-8-5-2)31-27-24-21-18-15-12-9-6-3/h25-27,29-31H,4-24,28,32-33H2,1-3H3/p+1/b29-25+,30-26+,31-27+. The topological polar surface area (TPSA) is 54.4 Å². The van der Waals surface area contributed by atoms with Crippen LogP contribution >= 0.6 is 0 Å².